The van der Waals surface area contributed by atoms with Crippen molar-refractivity contribution in [2.24, 2.45) is 0 Å². The maximum atomic E-state index is 11.5. The quantitative estimate of drug-likeness (QED) is 0.818. The molecule has 0 bridgehead atoms. The van der Waals surface area contributed by atoms with Crippen LogP contribution in [0.5, 0.6) is 0 Å². The first kappa shape index (κ1) is 13.5. The number of aliphatic hydroxyl groups excluding tert-OH is 1. The zero-order valence-corrected chi connectivity index (χ0v) is 10.7. The second kappa shape index (κ2) is 6.87. The lowest BCUT2D eigenvalue weighted by Gasteiger charge is -2.17. The van der Waals surface area contributed by atoms with Crippen molar-refractivity contribution >= 4 is 0 Å². The van der Waals surface area contributed by atoms with Gasteiger partial charge in [0, 0.05) is 25.4 Å². The molecule has 0 aliphatic heterocycles. The molecule has 4 nitrogen and oxygen atoms in total. The van der Waals surface area contributed by atoms with Crippen LogP contribution in [0.4, 0.5) is 0 Å². The van der Waals surface area contributed by atoms with Crippen LogP contribution in [0.1, 0.15) is 11.6 Å². The van der Waals surface area contributed by atoms with E-state index in [0.29, 0.717) is 13.1 Å². The molecule has 2 aromatic rings. The van der Waals surface area contributed by atoms with Crippen LogP contribution in [0.2, 0.25) is 0 Å². The van der Waals surface area contributed by atoms with E-state index in [0.717, 1.165) is 5.56 Å². The summed E-state index contributed by atoms with van der Waals surface area (Å²) in [6.07, 6.45) is 1.76. The van der Waals surface area contributed by atoms with Gasteiger partial charge in [0.1, 0.15) is 0 Å². The second-order valence-electron chi connectivity index (χ2n) is 4.33. The molecule has 1 atom stereocenters. The second-order valence-corrected chi connectivity index (χ2v) is 4.33. The zero-order chi connectivity index (χ0) is 13.5. The first-order chi connectivity index (χ1) is 9.31. The zero-order valence-electron chi connectivity index (χ0n) is 10.7. The highest BCUT2D eigenvalue weighted by atomic mass is 16.3. The highest BCUT2D eigenvalue weighted by Gasteiger charge is 2.08. The van der Waals surface area contributed by atoms with Gasteiger partial charge in [0.05, 0.1) is 12.6 Å². The molecule has 0 radical (unpaired) electrons. The highest BCUT2D eigenvalue weighted by Crippen LogP contribution is 2.10. The average molecular weight is 258 g/mol. The maximum absolute atomic E-state index is 11.5. The lowest BCUT2D eigenvalue weighted by molar-refractivity contribution is 0.243. The van der Waals surface area contributed by atoms with E-state index in [1.165, 1.54) is 0 Å². The van der Waals surface area contributed by atoms with E-state index in [9.17, 15) is 9.90 Å². The van der Waals surface area contributed by atoms with Crippen molar-refractivity contribution in [2.75, 3.05) is 13.2 Å². The van der Waals surface area contributed by atoms with E-state index < -0.39 is 0 Å². The minimum atomic E-state index is -0.0967. The molecule has 1 heterocycles. The molecule has 1 aromatic heterocycles. The number of hydrogen-bond acceptors (Lipinski definition) is 3. The normalized spacial score (nSPS) is 12.3. The molecule has 0 spiro atoms. The van der Waals surface area contributed by atoms with Crippen LogP contribution in [0.15, 0.2) is 59.5 Å². The fraction of sp³-hybridized carbons (Fsp3) is 0.267. The Morgan fingerprint density at radius 3 is 2.53 bits per heavy atom. The molecule has 0 saturated carbocycles. The van der Waals surface area contributed by atoms with Gasteiger partial charge in [-0.05, 0) is 11.6 Å². The van der Waals surface area contributed by atoms with Gasteiger partial charge in [0.15, 0.2) is 0 Å². The number of nitrogens with zero attached hydrogens (tertiary/aromatic N) is 1. The van der Waals surface area contributed by atoms with Gasteiger partial charge in [-0.15, -0.1) is 0 Å². The Morgan fingerprint density at radius 1 is 1.11 bits per heavy atom. The Hall–Kier alpha value is -1.91. The van der Waals surface area contributed by atoms with Crippen molar-refractivity contribution in [3.8, 4) is 0 Å². The fourth-order valence-electron chi connectivity index (χ4n) is 1.98. The standard InChI is InChI=1S/C15H18N2O2/c18-12-14(13-6-2-1-3-7-13)16-9-11-17-10-5-4-8-15(17)19/h1-8,10,14,16,18H,9,11-12H2. The summed E-state index contributed by atoms with van der Waals surface area (Å²) in [7, 11) is 0. The number of aromatic nitrogens is 1. The SMILES string of the molecule is O=c1ccccn1CCNC(CO)c1ccccc1. The van der Waals surface area contributed by atoms with Crippen LogP contribution in [0.25, 0.3) is 0 Å². The molecule has 0 aliphatic carbocycles. The van der Waals surface area contributed by atoms with Crippen LogP contribution in [-0.4, -0.2) is 22.8 Å². The summed E-state index contributed by atoms with van der Waals surface area (Å²) in [5, 5.41) is 12.7. The fourth-order valence-corrected chi connectivity index (χ4v) is 1.98. The number of nitrogens with one attached hydrogen (secondary N) is 1. The molecule has 2 N–H and O–H groups in total. The van der Waals surface area contributed by atoms with Crippen LogP contribution in [0.3, 0.4) is 0 Å². The van der Waals surface area contributed by atoms with Gasteiger partial charge in [0.25, 0.3) is 5.56 Å². The van der Waals surface area contributed by atoms with Crippen LogP contribution in [-0.2, 0) is 6.54 Å². The first-order valence-electron chi connectivity index (χ1n) is 6.36. The molecule has 1 aromatic carbocycles. The summed E-state index contributed by atoms with van der Waals surface area (Å²) in [5.74, 6) is 0. The minimum Gasteiger partial charge on any atom is -0.394 e. The van der Waals surface area contributed by atoms with Gasteiger partial charge in [-0.2, -0.15) is 0 Å². The molecule has 2 rings (SSSR count). The largest absolute Gasteiger partial charge is 0.394 e. The predicted octanol–water partition coefficient (Wildman–Crippen LogP) is 1.17. The van der Waals surface area contributed by atoms with Crippen LogP contribution in [0, 0.1) is 0 Å². The Morgan fingerprint density at radius 2 is 1.84 bits per heavy atom. The van der Waals surface area contributed by atoms with E-state index >= 15 is 0 Å². The summed E-state index contributed by atoms with van der Waals surface area (Å²) in [6, 6.07) is 14.8. The lowest BCUT2D eigenvalue weighted by atomic mass is 10.1. The van der Waals surface area contributed by atoms with Gasteiger partial charge in [-0.25, -0.2) is 0 Å². The predicted molar refractivity (Wildman–Crippen MR) is 75.0 cm³/mol. The topological polar surface area (TPSA) is 54.3 Å². The molecule has 0 saturated heterocycles. The van der Waals surface area contributed by atoms with Gasteiger partial charge >= 0.3 is 0 Å². The van der Waals surface area contributed by atoms with Gasteiger partial charge in [0.2, 0.25) is 0 Å². The third-order valence-electron chi connectivity index (χ3n) is 3.03. The first-order valence-corrected chi connectivity index (χ1v) is 6.36. The number of hydrogen-bond donors (Lipinski definition) is 2. The van der Waals surface area contributed by atoms with Crippen molar-refractivity contribution in [3.05, 3.63) is 70.6 Å². The van der Waals surface area contributed by atoms with E-state index in [1.807, 2.05) is 36.4 Å². The Kier molecular flexibility index (Phi) is 4.89. The summed E-state index contributed by atoms with van der Waals surface area (Å²) in [5.41, 5.74) is 1.04. The van der Waals surface area contributed by atoms with Gasteiger partial charge in [-0.1, -0.05) is 36.4 Å². The molecular formula is C15H18N2O2. The Bertz CT molecular complexity index is 551. The highest BCUT2D eigenvalue weighted by molar-refractivity contribution is 5.18. The molecule has 0 aliphatic rings. The third kappa shape index (κ3) is 3.77. The smallest absolute Gasteiger partial charge is 0.250 e. The Labute approximate surface area is 112 Å². The average Bonchev–Trinajstić information content (AvgIpc) is 2.46. The van der Waals surface area contributed by atoms with Gasteiger partial charge in [-0.3, -0.25) is 4.79 Å². The molecule has 0 fully saturated rings. The maximum Gasteiger partial charge on any atom is 0.250 e. The molecular weight excluding hydrogens is 240 g/mol. The number of rotatable bonds is 6. The van der Waals surface area contributed by atoms with E-state index in [-0.39, 0.29) is 18.2 Å². The third-order valence-corrected chi connectivity index (χ3v) is 3.03. The van der Waals surface area contributed by atoms with Crippen LogP contribution < -0.4 is 10.9 Å². The summed E-state index contributed by atoms with van der Waals surface area (Å²) in [6.45, 7) is 1.25. The number of aliphatic hydroxyl groups is 1. The van der Waals surface area contributed by atoms with Crippen molar-refractivity contribution in [1.29, 1.82) is 0 Å². The van der Waals surface area contributed by atoms with Crippen molar-refractivity contribution in [1.82, 2.24) is 9.88 Å². The molecule has 0 amide bonds. The summed E-state index contributed by atoms with van der Waals surface area (Å²) < 4.78 is 1.65. The van der Waals surface area contributed by atoms with E-state index in [1.54, 1.807) is 22.9 Å². The van der Waals surface area contributed by atoms with Gasteiger partial charge < -0.3 is 15.0 Å². The summed E-state index contributed by atoms with van der Waals surface area (Å²) >= 11 is 0. The van der Waals surface area contributed by atoms with E-state index in [2.05, 4.69) is 5.32 Å². The minimum absolute atomic E-state index is 0.00967. The molecule has 1 unspecified atom stereocenters. The number of benzene rings is 1. The van der Waals surface area contributed by atoms with E-state index in [4.69, 9.17) is 0 Å². The summed E-state index contributed by atoms with van der Waals surface area (Å²) in [4.78, 5) is 11.5. The molecule has 100 valence electrons. The molecule has 19 heavy (non-hydrogen) atoms. The van der Waals surface area contributed by atoms with Crippen LogP contribution >= 0.6 is 0 Å². The van der Waals surface area contributed by atoms with Crippen molar-refractivity contribution < 1.29 is 5.11 Å². The monoisotopic (exact) mass is 258 g/mol. The van der Waals surface area contributed by atoms with Crippen molar-refractivity contribution in [3.63, 3.8) is 0 Å². The van der Waals surface area contributed by atoms with Crippen molar-refractivity contribution in [2.45, 2.75) is 12.6 Å². The lowest BCUT2D eigenvalue weighted by Crippen LogP contribution is -2.30. The molecule has 4 heteroatoms. The number of pyridine rings is 1. The Balaban J connectivity index is 1.91.